The fraction of sp³-hybridized carbons (Fsp3) is 0.167. The van der Waals surface area contributed by atoms with Crippen LogP contribution in [-0.4, -0.2) is 22.7 Å². The van der Waals surface area contributed by atoms with E-state index in [1.807, 2.05) is 61.5 Å². The third-order valence-electron chi connectivity index (χ3n) is 3.26. The molecule has 0 saturated carbocycles. The lowest BCUT2D eigenvalue weighted by molar-refractivity contribution is -0.115. The summed E-state index contributed by atoms with van der Waals surface area (Å²) in [7, 11) is 0. The van der Waals surface area contributed by atoms with Crippen molar-refractivity contribution in [3.8, 4) is 17.2 Å². The van der Waals surface area contributed by atoms with E-state index in [2.05, 4.69) is 15.5 Å². The van der Waals surface area contributed by atoms with Crippen molar-refractivity contribution in [1.82, 2.24) is 10.1 Å². The van der Waals surface area contributed by atoms with Crippen molar-refractivity contribution in [1.29, 1.82) is 0 Å². The minimum atomic E-state index is -0.202. The number of hydrogen-bond donors (Lipinski definition) is 1. The van der Waals surface area contributed by atoms with E-state index in [4.69, 9.17) is 9.26 Å². The monoisotopic (exact) mass is 323 g/mol. The van der Waals surface area contributed by atoms with Gasteiger partial charge in [0.25, 0.3) is 5.89 Å². The average molecular weight is 323 g/mol. The Hall–Kier alpha value is -3.15. The van der Waals surface area contributed by atoms with Crippen LogP contribution >= 0.6 is 0 Å². The Balaban J connectivity index is 1.71. The summed E-state index contributed by atoms with van der Waals surface area (Å²) in [5.41, 5.74) is 1.44. The number of nitrogens with one attached hydrogen (secondary N) is 1. The van der Waals surface area contributed by atoms with Gasteiger partial charge in [-0.15, -0.1) is 0 Å². The van der Waals surface area contributed by atoms with E-state index in [1.165, 1.54) is 0 Å². The van der Waals surface area contributed by atoms with Gasteiger partial charge in [0.15, 0.2) is 5.82 Å². The first-order valence-electron chi connectivity index (χ1n) is 7.66. The molecule has 1 heterocycles. The zero-order chi connectivity index (χ0) is 16.8. The molecule has 0 saturated heterocycles. The molecule has 0 aliphatic heterocycles. The van der Waals surface area contributed by atoms with Gasteiger partial charge in [0, 0.05) is 5.69 Å². The summed E-state index contributed by atoms with van der Waals surface area (Å²) in [5.74, 6) is 1.13. The van der Waals surface area contributed by atoms with Gasteiger partial charge in [-0.25, -0.2) is 0 Å². The van der Waals surface area contributed by atoms with Crippen molar-refractivity contribution < 1.29 is 14.1 Å². The molecule has 6 nitrogen and oxygen atoms in total. The Morgan fingerprint density at radius 1 is 1.12 bits per heavy atom. The first-order chi connectivity index (χ1) is 11.8. The van der Waals surface area contributed by atoms with E-state index in [0.717, 1.165) is 5.69 Å². The maximum atomic E-state index is 12.0. The smallest absolute Gasteiger partial charge is 0.261 e. The molecule has 1 N–H and O–H groups in total. The van der Waals surface area contributed by atoms with Gasteiger partial charge in [-0.2, -0.15) is 4.98 Å². The molecule has 0 spiro atoms. The summed E-state index contributed by atoms with van der Waals surface area (Å²) in [6, 6.07) is 16.6. The number of ether oxygens (including phenoxy) is 1. The van der Waals surface area contributed by atoms with Crippen LogP contribution in [0.4, 0.5) is 5.69 Å². The Kier molecular flexibility index (Phi) is 4.86. The molecule has 0 bridgehead atoms. The molecular weight excluding hydrogens is 306 g/mol. The largest absolute Gasteiger partial charge is 0.493 e. The standard InChI is InChI=1S/C18H17N3O3/c1-2-23-15-11-7-6-10-14(15)18-20-16(21-24-18)12-17(22)19-13-8-4-3-5-9-13/h3-11H,2,12H2,1H3,(H,19,22). The lowest BCUT2D eigenvalue weighted by Gasteiger charge is -2.05. The van der Waals surface area contributed by atoms with Gasteiger partial charge in [-0.3, -0.25) is 4.79 Å². The van der Waals surface area contributed by atoms with E-state index in [-0.39, 0.29) is 12.3 Å². The van der Waals surface area contributed by atoms with E-state index < -0.39 is 0 Å². The number of carbonyl (C=O) groups is 1. The number of carbonyl (C=O) groups excluding carboxylic acids is 1. The van der Waals surface area contributed by atoms with Crippen molar-refractivity contribution in [3.05, 3.63) is 60.4 Å². The molecule has 0 fully saturated rings. The predicted octanol–water partition coefficient (Wildman–Crippen LogP) is 3.32. The van der Waals surface area contributed by atoms with Gasteiger partial charge in [0.2, 0.25) is 5.91 Å². The van der Waals surface area contributed by atoms with Crippen molar-refractivity contribution >= 4 is 11.6 Å². The highest BCUT2D eigenvalue weighted by Gasteiger charge is 2.15. The van der Waals surface area contributed by atoms with Crippen molar-refractivity contribution in [2.45, 2.75) is 13.3 Å². The molecule has 122 valence electrons. The Labute approximate surface area is 139 Å². The number of aromatic nitrogens is 2. The lowest BCUT2D eigenvalue weighted by Crippen LogP contribution is -2.15. The highest BCUT2D eigenvalue weighted by molar-refractivity contribution is 5.91. The first kappa shape index (κ1) is 15.7. The van der Waals surface area contributed by atoms with E-state index >= 15 is 0 Å². The minimum absolute atomic E-state index is 0.0369. The Bertz CT molecular complexity index is 815. The molecule has 3 rings (SSSR count). The SMILES string of the molecule is CCOc1ccccc1-c1nc(CC(=O)Nc2ccccc2)no1. The van der Waals surface area contributed by atoms with Crippen molar-refractivity contribution in [2.24, 2.45) is 0 Å². The minimum Gasteiger partial charge on any atom is -0.493 e. The van der Waals surface area contributed by atoms with Crippen LogP contribution in [0, 0.1) is 0 Å². The maximum Gasteiger partial charge on any atom is 0.261 e. The van der Waals surface area contributed by atoms with Crippen LogP contribution in [0.25, 0.3) is 11.5 Å². The maximum absolute atomic E-state index is 12.0. The highest BCUT2D eigenvalue weighted by Crippen LogP contribution is 2.28. The highest BCUT2D eigenvalue weighted by atomic mass is 16.5. The van der Waals surface area contributed by atoms with Crippen LogP contribution in [0.2, 0.25) is 0 Å². The Morgan fingerprint density at radius 3 is 2.67 bits per heavy atom. The van der Waals surface area contributed by atoms with Crippen LogP contribution < -0.4 is 10.1 Å². The van der Waals surface area contributed by atoms with E-state index in [0.29, 0.717) is 29.6 Å². The predicted molar refractivity (Wildman–Crippen MR) is 89.7 cm³/mol. The van der Waals surface area contributed by atoms with Crippen molar-refractivity contribution in [3.63, 3.8) is 0 Å². The number of amides is 1. The normalized spacial score (nSPS) is 10.4. The zero-order valence-corrected chi connectivity index (χ0v) is 13.2. The zero-order valence-electron chi connectivity index (χ0n) is 13.2. The average Bonchev–Trinajstić information content (AvgIpc) is 3.04. The second-order valence-electron chi connectivity index (χ2n) is 5.04. The summed E-state index contributed by atoms with van der Waals surface area (Å²) in [6.45, 7) is 2.45. The third kappa shape index (κ3) is 3.78. The Morgan fingerprint density at radius 2 is 1.88 bits per heavy atom. The van der Waals surface area contributed by atoms with E-state index in [1.54, 1.807) is 0 Å². The van der Waals surface area contributed by atoms with Gasteiger partial charge in [0.05, 0.1) is 18.6 Å². The van der Waals surface area contributed by atoms with Gasteiger partial charge >= 0.3 is 0 Å². The summed E-state index contributed by atoms with van der Waals surface area (Å²) < 4.78 is 10.8. The van der Waals surface area contributed by atoms with Crippen molar-refractivity contribution in [2.75, 3.05) is 11.9 Å². The molecular formula is C18H17N3O3. The molecule has 0 atom stereocenters. The third-order valence-corrected chi connectivity index (χ3v) is 3.26. The summed E-state index contributed by atoms with van der Waals surface area (Å²) in [5, 5.41) is 6.66. The number of nitrogens with zero attached hydrogens (tertiary/aromatic N) is 2. The molecule has 0 unspecified atom stereocenters. The molecule has 1 aromatic heterocycles. The van der Waals surface area contributed by atoms with Crippen LogP contribution in [0.15, 0.2) is 59.1 Å². The number of benzene rings is 2. The van der Waals surface area contributed by atoms with Gasteiger partial charge < -0.3 is 14.6 Å². The molecule has 24 heavy (non-hydrogen) atoms. The van der Waals surface area contributed by atoms with Crippen LogP contribution in [0.1, 0.15) is 12.7 Å². The number of hydrogen-bond acceptors (Lipinski definition) is 5. The van der Waals surface area contributed by atoms with Gasteiger partial charge in [-0.1, -0.05) is 35.5 Å². The van der Waals surface area contributed by atoms with Gasteiger partial charge in [0.1, 0.15) is 5.75 Å². The van der Waals surface area contributed by atoms with E-state index in [9.17, 15) is 4.79 Å². The number of anilines is 1. The molecule has 2 aromatic carbocycles. The van der Waals surface area contributed by atoms with Crippen LogP contribution in [0.5, 0.6) is 5.75 Å². The summed E-state index contributed by atoms with van der Waals surface area (Å²) in [6.07, 6.45) is 0.0369. The second-order valence-corrected chi connectivity index (χ2v) is 5.04. The first-order valence-corrected chi connectivity index (χ1v) is 7.66. The quantitative estimate of drug-likeness (QED) is 0.753. The number of para-hydroxylation sites is 2. The molecule has 0 aliphatic carbocycles. The fourth-order valence-electron chi connectivity index (χ4n) is 2.23. The molecule has 3 aromatic rings. The second kappa shape index (κ2) is 7.41. The molecule has 0 aliphatic rings. The number of rotatable bonds is 6. The molecule has 6 heteroatoms. The molecule has 0 radical (unpaired) electrons. The lowest BCUT2D eigenvalue weighted by atomic mass is 10.2. The molecule has 1 amide bonds. The summed E-state index contributed by atoms with van der Waals surface area (Å²) in [4.78, 5) is 16.3. The van der Waals surface area contributed by atoms with Gasteiger partial charge in [-0.05, 0) is 31.2 Å². The van der Waals surface area contributed by atoms with Crippen LogP contribution in [-0.2, 0) is 11.2 Å². The summed E-state index contributed by atoms with van der Waals surface area (Å²) >= 11 is 0. The van der Waals surface area contributed by atoms with Crippen LogP contribution in [0.3, 0.4) is 0 Å². The topological polar surface area (TPSA) is 77.2 Å². The fourth-order valence-corrected chi connectivity index (χ4v) is 2.23.